The van der Waals surface area contributed by atoms with Gasteiger partial charge in [0.1, 0.15) is 0 Å². The van der Waals surface area contributed by atoms with Crippen molar-refractivity contribution in [2.45, 2.75) is 33.1 Å². The highest BCUT2D eigenvalue weighted by atomic mass is 14.7. The summed E-state index contributed by atoms with van der Waals surface area (Å²) in [6.07, 6.45) is 10.3. The van der Waals surface area contributed by atoms with E-state index >= 15 is 0 Å². The second-order valence-corrected chi connectivity index (χ2v) is 4.56. The molecule has 1 aromatic rings. The topological polar surface area (TPSA) is 12.4 Å². The molecule has 0 heterocycles. The number of hydrogen-bond acceptors (Lipinski definition) is 1. The smallest absolute Gasteiger partial charge is 0.0684 e. The van der Waals surface area contributed by atoms with E-state index in [1.165, 1.54) is 24.0 Å². The summed E-state index contributed by atoms with van der Waals surface area (Å²) >= 11 is 0. The van der Waals surface area contributed by atoms with Crippen molar-refractivity contribution in [2.75, 3.05) is 0 Å². The Bertz CT molecular complexity index is 395. The highest BCUT2D eigenvalue weighted by Crippen LogP contribution is 2.24. The molecule has 1 aliphatic carbocycles. The number of hydrogen-bond donors (Lipinski definition) is 0. The maximum atomic E-state index is 4.67. The van der Waals surface area contributed by atoms with Gasteiger partial charge in [-0.1, -0.05) is 30.4 Å². The van der Waals surface area contributed by atoms with Crippen LogP contribution in [0.3, 0.4) is 0 Å². The number of nitrogens with zero attached hydrogens (tertiary/aromatic N) is 1. The van der Waals surface area contributed by atoms with Gasteiger partial charge < -0.3 is 0 Å². The Kier molecular flexibility index (Phi) is 3.55. The minimum Gasteiger partial charge on any atom is -0.260 e. The summed E-state index contributed by atoms with van der Waals surface area (Å²) in [5, 5.41) is 0. The lowest BCUT2D eigenvalue weighted by atomic mass is 9.95. The van der Waals surface area contributed by atoms with Gasteiger partial charge in [-0.3, -0.25) is 4.99 Å². The summed E-state index contributed by atoms with van der Waals surface area (Å²) in [6, 6.07) is 6.34. The lowest BCUT2D eigenvalue weighted by molar-refractivity contribution is 0.628. The van der Waals surface area contributed by atoms with E-state index in [1.54, 1.807) is 0 Å². The molecule has 0 aliphatic heterocycles. The molecular weight excluding hydrogens is 194 g/mol. The van der Waals surface area contributed by atoms with Crippen LogP contribution in [0, 0.1) is 19.8 Å². The second kappa shape index (κ2) is 5.11. The molecule has 84 valence electrons. The van der Waals surface area contributed by atoms with Crippen molar-refractivity contribution in [2.24, 2.45) is 10.9 Å². The van der Waals surface area contributed by atoms with Gasteiger partial charge in [0.15, 0.2) is 0 Å². The van der Waals surface area contributed by atoms with E-state index in [0.717, 1.165) is 12.1 Å². The van der Waals surface area contributed by atoms with E-state index in [0.29, 0.717) is 5.92 Å². The largest absolute Gasteiger partial charge is 0.260 e. The van der Waals surface area contributed by atoms with E-state index in [4.69, 9.17) is 0 Å². The molecule has 1 unspecified atom stereocenters. The Morgan fingerprint density at radius 2 is 1.94 bits per heavy atom. The molecule has 1 heteroatoms. The fourth-order valence-corrected chi connectivity index (χ4v) is 2.14. The summed E-state index contributed by atoms with van der Waals surface area (Å²) in [5.74, 6) is 0.629. The number of benzene rings is 1. The van der Waals surface area contributed by atoms with Gasteiger partial charge >= 0.3 is 0 Å². The van der Waals surface area contributed by atoms with Crippen LogP contribution in [0.25, 0.3) is 0 Å². The summed E-state index contributed by atoms with van der Waals surface area (Å²) in [7, 11) is 0. The van der Waals surface area contributed by atoms with Gasteiger partial charge in [-0.05, 0) is 50.2 Å². The number of aliphatic imine (C=N–C) groups is 1. The van der Waals surface area contributed by atoms with Crippen LogP contribution in [0.5, 0.6) is 0 Å². The molecule has 0 fully saturated rings. The van der Waals surface area contributed by atoms with Gasteiger partial charge in [-0.15, -0.1) is 0 Å². The SMILES string of the molecule is Cc1cccc(C)c1/N=C/C1CC=CCC1. The van der Waals surface area contributed by atoms with Crippen molar-refractivity contribution < 1.29 is 0 Å². The molecule has 2 rings (SSSR count). The van der Waals surface area contributed by atoms with Gasteiger partial charge in [0.05, 0.1) is 5.69 Å². The van der Waals surface area contributed by atoms with Crippen molar-refractivity contribution in [3.05, 3.63) is 41.5 Å². The molecule has 16 heavy (non-hydrogen) atoms. The molecular formula is C15H19N. The molecule has 0 N–H and O–H groups in total. The van der Waals surface area contributed by atoms with Gasteiger partial charge in [0.25, 0.3) is 0 Å². The normalized spacial score (nSPS) is 20.5. The standard InChI is InChI=1S/C15H19N/c1-12-7-6-8-13(2)15(12)16-11-14-9-4-3-5-10-14/h3-4,6-8,11,14H,5,9-10H2,1-2H3/b16-11+. The van der Waals surface area contributed by atoms with Crippen molar-refractivity contribution in [1.29, 1.82) is 0 Å². The molecule has 0 radical (unpaired) electrons. The Morgan fingerprint density at radius 1 is 1.19 bits per heavy atom. The zero-order valence-corrected chi connectivity index (χ0v) is 10.1. The molecule has 1 atom stereocenters. The average molecular weight is 213 g/mol. The van der Waals surface area contributed by atoms with E-state index in [-0.39, 0.29) is 0 Å². The third-order valence-corrected chi connectivity index (χ3v) is 3.16. The fraction of sp³-hybridized carbons (Fsp3) is 0.400. The highest BCUT2D eigenvalue weighted by molar-refractivity contribution is 5.68. The van der Waals surface area contributed by atoms with Crippen LogP contribution < -0.4 is 0 Å². The summed E-state index contributed by atoms with van der Waals surface area (Å²) in [4.78, 5) is 4.67. The molecule has 0 saturated carbocycles. The van der Waals surface area contributed by atoms with Crippen LogP contribution in [0.2, 0.25) is 0 Å². The first-order valence-electron chi connectivity index (χ1n) is 6.03. The third kappa shape index (κ3) is 2.60. The maximum absolute atomic E-state index is 4.67. The maximum Gasteiger partial charge on any atom is 0.0684 e. The lowest BCUT2D eigenvalue weighted by Gasteiger charge is -2.12. The second-order valence-electron chi connectivity index (χ2n) is 4.56. The van der Waals surface area contributed by atoms with Gasteiger partial charge in [0, 0.05) is 6.21 Å². The Hall–Kier alpha value is -1.37. The summed E-state index contributed by atoms with van der Waals surface area (Å²) in [5.41, 5.74) is 3.68. The van der Waals surface area contributed by atoms with Crippen LogP contribution in [0.4, 0.5) is 5.69 Å². The first kappa shape index (κ1) is 11.1. The van der Waals surface area contributed by atoms with Crippen LogP contribution in [-0.4, -0.2) is 6.21 Å². The van der Waals surface area contributed by atoms with Crippen molar-refractivity contribution >= 4 is 11.9 Å². The first-order valence-corrected chi connectivity index (χ1v) is 6.03. The molecule has 0 saturated heterocycles. The molecule has 1 nitrogen and oxygen atoms in total. The van der Waals surface area contributed by atoms with Crippen LogP contribution in [-0.2, 0) is 0 Å². The monoisotopic (exact) mass is 213 g/mol. The fourth-order valence-electron chi connectivity index (χ4n) is 2.14. The minimum atomic E-state index is 0.629. The highest BCUT2D eigenvalue weighted by Gasteiger charge is 2.07. The van der Waals surface area contributed by atoms with E-state index < -0.39 is 0 Å². The number of para-hydroxylation sites is 1. The summed E-state index contributed by atoms with van der Waals surface area (Å²) < 4.78 is 0. The molecule has 0 aromatic heterocycles. The van der Waals surface area contributed by atoms with E-state index in [1.807, 2.05) is 0 Å². The Labute approximate surface area is 97.9 Å². The number of rotatable bonds is 2. The molecule has 1 aliphatic rings. The number of allylic oxidation sites excluding steroid dienone is 2. The average Bonchev–Trinajstić information content (AvgIpc) is 2.30. The van der Waals surface area contributed by atoms with Crippen molar-refractivity contribution in [3.8, 4) is 0 Å². The molecule has 1 aromatic carbocycles. The predicted molar refractivity (Wildman–Crippen MR) is 70.5 cm³/mol. The number of aryl methyl sites for hydroxylation is 2. The zero-order valence-electron chi connectivity index (χ0n) is 10.1. The molecule has 0 amide bonds. The van der Waals surface area contributed by atoms with Gasteiger partial charge in [-0.2, -0.15) is 0 Å². The van der Waals surface area contributed by atoms with Crippen LogP contribution in [0.15, 0.2) is 35.3 Å². The van der Waals surface area contributed by atoms with Gasteiger partial charge in [-0.25, -0.2) is 0 Å². The van der Waals surface area contributed by atoms with E-state index in [2.05, 4.69) is 55.4 Å². The lowest BCUT2D eigenvalue weighted by Crippen LogP contribution is -2.03. The Morgan fingerprint density at radius 3 is 2.56 bits per heavy atom. The summed E-state index contributed by atoms with van der Waals surface area (Å²) in [6.45, 7) is 4.25. The van der Waals surface area contributed by atoms with Crippen LogP contribution in [0.1, 0.15) is 30.4 Å². The molecule has 0 bridgehead atoms. The van der Waals surface area contributed by atoms with Gasteiger partial charge in [0.2, 0.25) is 0 Å². The zero-order chi connectivity index (χ0) is 11.4. The van der Waals surface area contributed by atoms with E-state index in [9.17, 15) is 0 Å². The van der Waals surface area contributed by atoms with Crippen molar-refractivity contribution in [1.82, 2.24) is 0 Å². The predicted octanol–water partition coefficient (Wildman–Crippen LogP) is 4.36. The molecule has 0 spiro atoms. The third-order valence-electron chi connectivity index (χ3n) is 3.16. The Balaban J connectivity index is 2.13. The van der Waals surface area contributed by atoms with Crippen LogP contribution >= 0.6 is 0 Å². The minimum absolute atomic E-state index is 0.629. The first-order chi connectivity index (χ1) is 7.77. The quantitative estimate of drug-likeness (QED) is 0.511. The van der Waals surface area contributed by atoms with Crippen molar-refractivity contribution in [3.63, 3.8) is 0 Å².